The molecule has 0 aliphatic carbocycles. The van der Waals surface area contributed by atoms with Gasteiger partial charge in [0.1, 0.15) is 12.4 Å². The number of ether oxygens (including phenoxy) is 1. The fourth-order valence-corrected chi connectivity index (χ4v) is 2.65. The van der Waals surface area contributed by atoms with Crippen molar-refractivity contribution < 1.29 is 4.74 Å². The second kappa shape index (κ2) is 5.53. The Labute approximate surface area is 120 Å². The number of fused-ring (bicyclic) bond motifs is 1. The van der Waals surface area contributed by atoms with Crippen LogP contribution in [0.4, 0.5) is 5.69 Å². The Morgan fingerprint density at radius 1 is 1.25 bits per heavy atom. The van der Waals surface area contributed by atoms with Crippen LogP contribution >= 0.6 is 0 Å². The van der Waals surface area contributed by atoms with Crippen LogP contribution in [0.2, 0.25) is 0 Å². The van der Waals surface area contributed by atoms with Gasteiger partial charge in [-0.1, -0.05) is 12.1 Å². The molecule has 20 heavy (non-hydrogen) atoms. The van der Waals surface area contributed by atoms with Gasteiger partial charge in [-0.3, -0.25) is 4.98 Å². The van der Waals surface area contributed by atoms with Gasteiger partial charge < -0.3 is 9.64 Å². The molecule has 0 radical (unpaired) electrons. The fourth-order valence-electron chi connectivity index (χ4n) is 2.65. The highest BCUT2D eigenvalue weighted by molar-refractivity contribution is 5.61. The van der Waals surface area contributed by atoms with Crippen LogP contribution in [0.15, 0.2) is 42.6 Å². The first-order chi connectivity index (χ1) is 9.74. The Bertz CT molecular complexity index is 581. The van der Waals surface area contributed by atoms with Gasteiger partial charge in [0, 0.05) is 30.5 Å². The lowest BCUT2D eigenvalue weighted by atomic mass is 10.1. The van der Waals surface area contributed by atoms with Gasteiger partial charge in [-0.25, -0.2) is 0 Å². The lowest BCUT2D eigenvalue weighted by Crippen LogP contribution is -2.28. The molecule has 0 bridgehead atoms. The molecule has 1 aromatic carbocycles. The Kier molecular flexibility index (Phi) is 3.59. The molecule has 2 heterocycles. The molecule has 0 saturated carbocycles. The standard InChI is InChI=1S/C17H20N2O/c1-13(2)19-10-8-14-6-7-16(11-17(14)19)20-12-15-5-3-4-9-18-15/h3-7,9,11,13H,8,10,12H2,1-2H3. The van der Waals surface area contributed by atoms with Crippen LogP contribution in [0.1, 0.15) is 25.1 Å². The molecule has 3 nitrogen and oxygen atoms in total. The largest absolute Gasteiger partial charge is 0.487 e. The third-order valence-electron chi connectivity index (χ3n) is 3.72. The van der Waals surface area contributed by atoms with E-state index < -0.39 is 0 Å². The minimum absolute atomic E-state index is 0.515. The molecule has 1 aliphatic rings. The molecule has 2 aromatic rings. The predicted molar refractivity (Wildman–Crippen MR) is 81.2 cm³/mol. The lowest BCUT2D eigenvalue weighted by molar-refractivity contribution is 0.301. The summed E-state index contributed by atoms with van der Waals surface area (Å²) < 4.78 is 5.86. The third kappa shape index (κ3) is 2.62. The van der Waals surface area contributed by atoms with Gasteiger partial charge in [0.15, 0.2) is 0 Å². The molecule has 104 valence electrons. The first-order valence-electron chi connectivity index (χ1n) is 7.16. The van der Waals surface area contributed by atoms with Crippen LogP contribution in [0, 0.1) is 0 Å². The van der Waals surface area contributed by atoms with Crippen molar-refractivity contribution in [2.24, 2.45) is 0 Å². The van der Waals surface area contributed by atoms with Gasteiger partial charge in [-0.15, -0.1) is 0 Å². The summed E-state index contributed by atoms with van der Waals surface area (Å²) >= 11 is 0. The maximum atomic E-state index is 5.86. The monoisotopic (exact) mass is 268 g/mol. The summed E-state index contributed by atoms with van der Waals surface area (Å²) in [6.07, 6.45) is 2.93. The Balaban J connectivity index is 1.74. The van der Waals surface area contributed by atoms with Crippen molar-refractivity contribution in [3.8, 4) is 5.75 Å². The van der Waals surface area contributed by atoms with E-state index in [1.807, 2.05) is 18.2 Å². The minimum atomic E-state index is 0.515. The van der Waals surface area contributed by atoms with E-state index in [0.717, 1.165) is 24.4 Å². The molecular weight excluding hydrogens is 248 g/mol. The number of pyridine rings is 1. The second-order valence-corrected chi connectivity index (χ2v) is 5.44. The highest BCUT2D eigenvalue weighted by Crippen LogP contribution is 2.33. The van der Waals surface area contributed by atoms with Crippen molar-refractivity contribution in [1.29, 1.82) is 0 Å². The van der Waals surface area contributed by atoms with Gasteiger partial charge in [-0.2, -0.15) is 0 Å². The van der Waals surface area contributed by atoms with E-state index in [2.05, 4.69) is 41.9 Å². The zero-order chi connectivity index (χ0) is 13.9. The summed E-state index contributed by atoms with van der Waals surface area (Å²) in [6, 6.07) is 12.8. The number of benzene rings is 1. The van der Waals surface area contributed by atoms with Crippen molar-refractivity contribution in [1.82, 2.24) is 4.98 Å². The fraction of sp³-hybridized carbons (Fsp3) is 0.353. The quantitative estimate of drug-likeness (QED) is 0.849. The van der Waals surface area contributed by atoms with E-state index >= 15 is 0 Å². The minimum Gasteiger partial charge on any atom is -0.487 e. The van der Waals surface area contributed by atoms with Crippen LogP contribution in [-0.4, -0.2) is 17.6 Å². The third-order valence-corrected chi connectivity index (χ3v) is 3.72. The van der Waals surface area contributed by atoms with E-state index in [0.29, 0.717) is 12.6 Å². The number of aromatic nitrogens is 1. The molecule has 0 spiro atoms. The highest BCUT2D eigenvalue weighted by Gasteiger charge is 2.21. The van der Waals surface area contributed by atoms with Crippen molar-refractivity contribution in [2.75, 3.05) is 11.4 Å². The van der Waals surface area contributed by atoms with Gasteiger partial charge in [0.2, 0.25) is 0 Å². The maximum absolute atomic E-state index is 5.86. The van der Waals surface area contributed by atoms with Gasteiger partial charge in [0.25, 0.3) is 0 Å². The Morgan fingerprint density at radius 3 is 2.90 bits per heavy atom. The molecule has 0 unspecified atom stereocenters. The summed E-state index contributed by atoms with van der Waals surface area (Å²) in [5, 5.41) is 0. The number of hydrogen-bond acceptors (Lipinski definition) is 3. The molecule has 0 amide bonds. The number of anilines is 1. The molecule has 0 atom stereocenters. The zero-order valence-electron chi connectivity index (χ0n) is 12.0. The van der Waals surface area contributed by atoms with E-state index in [1.165, 1.54) is 11.3 Å². The Hall–Kier alpha value is -2.03. The second-order valence-electron chi connectivity index (χ2n) is 5.44. The first kappa shape index (κ1) is 13.0. The van der Waals surface area contributed by atoms with Crippen LogP contribution in [-0.2, 0) is 13.0 Å². The van der Waals surface area contributed by atoms with Crippen molar-refractivity contribution in [2.45, 2.75) is 32.9 Å². The highest BCUT2D eigenvalue weighted by atomic mass is 16.5. The molecule has 1 aliphatic heterocycles. The van der Waals surface area contributed by atoms with Crippen LogP contribution < -0.4 is 9.64 Å². The predicted octanol–water partition coefficient (Wildman–Crippen LogP) is 3.43. The molecule has 3 rings (SSSR count). The number of nitrogens with zero attached hydrogens (tertiary/aromatic N) is 2. The topological polar surface area (TPSA) is 25.4 Å². The first-order valence-corrected chi connectivity index (χ1v) is 7.16. The zero-order valence-corrected chi connectivity index (χ0v) is 12.0. The summed E-state index contributed by atoms with van der Waals surface area (Å²) in [5.74, 6) is 0.918. The summed E-state index contributed by atoms with van der Waals surface area (Å²) in [5.41, 5.74) is 3.69. The summed E-state index contributed by atoms with van der Waals surface area (Å²) in [6.45, 7) is 6.09. The van der Waals surface area contributed by atoms with E-state index in [-0.39, 0.29) is 0 Å². The number of hydrogen-bond donors (Lipinski definition) is 0. The van der Waals surface area contributed by atoms with Crippen LogP contribution in [0.25, 0.3) is 0 Å². The summed E-state index contributed by atoms with van der Waals surface area (Å²) in [4.78, 5) is 6.71. The molecule has 3 heteroatoms. The molecule has 1 aromatic heterocycles. The molecule has 0 fully saturated rings. The van der Waals surface area contributed by atoms with Crippen LogP contribution in [0.5, 0.6) is 5.75 Å². The van der Waals surface area contributed by atoms with Gasteiger partial charge >= 0.3 is 0 Å². The lowest BCUT2D eigenvalue weighted by Gasteiger charge is -2.24. The van der Waals surface area contributed by atoms with E-state index in [1.54, 1.807) is 6.20 Å². The Morgan fingerprint density at radius 2 is 2.15 bits per heavy atom. The van der Waals surface area contributed by atoms with Gasteiger partial charge in [-0.05, 0) is 44.0 Å². The SMILES string of the molecule is CC(C)N1CCc2ccc(OCc3ccccn3)cc21. The average Bonchev–Trinajstić information content (AvgIpc) is 2.89. The van der Waals surface area contributed by atoms with Crippen molar-refractivity contribution in [3.05, 3.63) is 53.9 Å². The molecular formula is C17H20N2O. The normalized spacial score (nSPS) is 13.7. The van der Waals surface area contributed by atoms with Crippen LogP contribution in [0.3, 0.4) is 0 Å². The molecule has 0 saturated heterocycles. The van der Waals surface area contributed by atoms with E-state index in [9.17, 15) is 0 Å². The summed E-state index contributed by atoms with van der Waals surface area (Å²) in [7, 11) is 0. The van der Waals surface area contributed by atoms with Gasteiger partial charge in [0.05, 0.1) is 5.69 Å². The van der Waals surface area contributed by atoms with Crippen molar-refractivity contribution >= 4 is 5.69 Å². The van der Waals surface area contributed by atoms with E-state index in [4.69, 9.17) is 4.74 Å². The maximum Gasteiger partial charge on any atom is 0.130 e. The molecule has 0 N–H and O–H groups in total. The smallest absolute Gasteiger partial charge is 0.130 e. The number of rotatable bonds is 4. The van der Waals surface area contributed by atoms with Crippen molar-refractivity contribution in [3.63, 3.8) is 0 Å². The average molecular weight is 268 g/mol.